The number of carbonyl (C=O) groups is 1. The van der Waals surface area contributed by atoms with Gasteiger partial charge in [-0.05, 0) is 37.9 Å². The van der Waals surface area contributed by atoms with E-state index in [0.29, 0.717) is 11.7 Å². The average molecular weight is 221 g/mol. The first kappa shape index (κ1) is 12.6. The van der Waals surface area contributed by atoms with E-state index in [1.807, 2.05) is 6.07 Å². The number of nitrogens with one attached hydrogen (secondary N) is 1. The molecule has 1 unspecified atom stereocenters. The van der Waals surface area contributed by atoms with Crippen LogP contribution in [0.3, 0.4) is 0 Å². The van der Waals surface area contributed by atoms with Crippen molar-refractivity contribution in [2.24, 2.45) is 5.73 Å². The van der Waals surface area contributed by atoms with Crippen LogP contribution in [0, 0.1) is 0 Å². The van der Waals surface area contributed by atoms with E-state index in [1.165, 1.54) is 0 Å². The monoisotopic (exact) mass is 221 g/mol. The molecule has 0 aliphatic carbocycles. The van der Waals surface area contributed by atoms with Crippen LogP contribution in [0.5, 0.6) is 0 Å². The number of hydrogen-bond donors (Lipinski definition) is 2. The molecule has 1 aromatic rings. The minimum Gasteiger partial charge on any atom is -0.364 e. The van der Waals surface area contributed by atoms with Gasteiger partial charge in [-0.15, -0.1) is 0 Å². The number of primary amides is 1. The van der Waals surface area contributed by atoms with E-state index in [2.05, 4.69) is 24.1 Å². The number of nitrogens with zero attached hydrogens (tertiary/aromatic N) is 1. The molecule has 4 nitrogen and oxygen atoms in total. The fraction of sp³-hybridized carbons (Fsp3) is 0.500. The highest BCUT2D eigenvalue weighted by atomic mass is 16.1. The van der Waals surface area contributed by atoms with Gasteiger partial charge in [0, 0.05) is 12.2 Å². The number of rotatable bonds is 6. The van der Waals surface area contributed by atoms with Crippen molar-refractivity contribution >= 4 is 5.91 Å². The Morgan fingerprint density at radius 2 is 2.31 bits per heavy atom. The summed E-state index contributed by atoms with van der Waals surface area (Å²) in [7, 11) is 0. The number of carbonyl (C=O) groups excluding carboxylic acids is 1. The summed E-state index contributed by atoms with van der Waals surface area (Å²) in [6.07, 6.45) is 3.74. The first-order chi connectivity index (χ1) is 7.63. The lowest BCUT2D eigenvalue weighted by Crippen LogP contribution is -2.25. The Morgan fingerprint density at radius 3 is 2.81 bits per heavy atom. The number of amides is 1. The van der Waals surface area contributed by atoms with Gasteiger partial charge in [0.05, 0.1) is 0 Å². The van der Waals surface area contributed by atoms with Crippen LogP contribution < -0.4 is 11.1 Å². The average Bonchev–Trinajstić information content (AvgIpc) is 2.27. The van der Waals surface area contributed by atoms with Gasteiger partial charge in [-0.25, -0.2) is 0 Å². The second-order valence-electron chi connectivity index (χ2n) is 3.91. The molecule has 88 valence electrons. The van der Waals surface area contributed by atoms with E-state index in [1.54, 1.807) is 12.3 Å². The van der Waals surface area contributed by atoms with Crippen molar-refractivity contribution in [1.82, 2.24) is 10.3 Å². The van der Waals surface area contributed by atoms with Crippen molar-refractivity contribution in [2.45, 2.75) is 32.7 Å². The lowest BCUT2D eigenvalue weighted by molar-refractivity contribution is 0.0995. The quantitative estimate of drug-likeness (QED) is 0.756. The van der Waals surface area contributed by atoms with Gasteiger partial charge in [-0.2, -0.15) is 0 Å². The molecule has 0 spiro atoms. The van der Waals surface area contributed by atoms with Gasteiger partial charge in [0.25, 0.3) is 5.91 Å². The minimum atomic E-state index is -0.479. The van der Waals surface area contributed by atoms with E-state index >= 15 is 0 Å². The molecule has 0 aliphatic heterocycles. The summed E-state index contributed by atoms with van der Waals surface area (Å²) >= 11 is 0. The molecular formula is C12H19N3O. The number of aryl methyl sites for hydroxylation is 1. The van der Waals surface area contributed by atoms with E-state index in [0.717, 1.165) is 24.9 Å². The Kier molecular flexibility index (Phi) is 4.92. The normalized spacial score (nSPS) is 12.4. The van der Waals surface area contributed by atoms with Crippen LogP contribution in [-0.2, 0) is 6.42 Å². The zero-order chi connectivity index (χ0) is 12.0. The van der Waals surface area contributed by atoms with Crippen LogP contribution in [0.1, 0.15) is 36.3 Å². The van der Waals surface area contributed by atoms with Crippen LogP contribution in [0.25, 0.3) is 0 Å². The molecule has 0 aromatic carbocycles. The molecule has 0 saturated heterocycles. The van der Waals surface area contributed by atoms with Crippen molar-refractivity contribution in [3.8, 4) is 0 Å². The van der Waals surface area contributed by atoms with Crippen molar-refractivity contribution in [3.63, 3.8) is 0 Å². The van der Waals surface area contributed by atoms with E-state index < -0.39 is 5.91 Å². The predicted octanol–water partition coefficient (Wildman–Crippen LogP) is 1.11. The lowest BCUT2D eigenvalue weighted by Gasteiger charge is -2.11. The molecule has 1 rings (SSSR count). The first-order valence-electron chi connectivity index (χ1n) is 5.61. The minimum absolute atomic E-state index is 0.323. The summed E-state index contributed by atoms with van der Waals surface area (Å²) in [4.78, 5) is 14.8. The summed E-state index contributed by atoms with van der Waals surface area (Å²) in [5.74, 6) is -0.479. The Balaban J connectivity index is 2.46. The molecule has 1 atom stereocenters. The number of hydrogen-bond acceptors (Lipinski definition) is 3. The third kappa shape index (κ3) is 3.98. The molecular weight excluding hydrogens is 202 g/mol. The Bertz CT molecular complexity index is 335. The van der Waals surface area contributed by atoms with Gasteiger partial charge in [-0.1, -0.05) is 13.0 Å². The molecule has 0 bridgehead atoms. The molecule has 3 N–H and O–H groups in total. The second-order valence-corrected chi connectivity index (χ2v) is 3.91. The number of aromatic nitrogens is 1. The van der Waals surface area contributed by atoms with Gasteiger partial charge >= 0.3 is 0 Å². The highest BCUT2D eigenvalue weighted by Crippen LogP contribution is 2.05. The van der Waals surface area contributed by atoms with Crippen molar-refractivity contribution in [1.29, 1.82) is 0 Å². The maximum absolute atomic E-state index is 10.8. The molecule has 1 amide bonds. The number of nitrogens with two attached hydrogens (primary N) is 1. The summed E-state index contributed by atoms with van der Waals surface area (Å²) in [5.41, 5.74) is 6.57. The van der Waals surface area contributed by atoms with Gasteiger partial charge in [0.2, 0.25) is 0 Å². The van der Waals surface area contributed by atoms with Gasteiger partial charge < -0.3 is 11.1 Å². The summed E-state index contributed by atoms with van der Waals surface area (Å²) in [6, 6.07) is 4.09. The Labute approximate surface area is 96.3 Å². The molecule has 16 heavy (non-hydrogen) atoms. The largest absolute Gasteiger partial charge is 0.364 e. The lowest BCUT2D eigenvalue weighted by atomic mass is 10.1. The maximum Gasteiger partial charge on any atom is 0.267 e. The number of pyridine rings is 1. The standard InChI is InChI=1S/C12H19N3O/c1-3-14-9(2)4-5-10-6-7-11(12(13)16)15-8-10/h6-9,14H,3-5H2,1-2H3,(H2,13,16). The molecule has 1 heterocycles. The van der Waals surface area contributed by atoms with E-state index in [4.69, 9.17) is 5.73 Å². The SMILES string of the molecule is CCNC(C)CCc1ccc(C(N)=O)nc1. The molecule has 0 radical (unpaired) electrons. The highest BCUT2D eigenvalue weighted by Gasteiger charge is 2.03. The second kappa shape index (κ2) is 6.23. The molecule has 0 aliphatic rings. The van der Waals surface area contributed by atoms with Gasteiger partial charge in [-0.3, -0.25) is 9.78 Å². The van der Waals surface area contributed by atoms with Crippen LogP contribution in [0.4, 0.5) is 0 Å². The zero-order valence-electron chi connectivity index (χ0n) is 9.86. The van der Waals surface area contributed by atoms with Crippen LogP contribution in [-0.4, -0.2) is 23.5 Å². The van der Waals surface area contributed by atoms with Crippen molar-refractivity contribution < 1.29 is 4.79 Å². The third-order valence-corrected chi connectivity index (χ3v) is 2.50. The van der Waals surface area contributed by atoms with Crippen LogP contribution in [0.2, 0.25) is 0 Å². The summed E-state index contributed by atoms with van der Waals surface area (Å²) in [5, 5.41) is 3.35. The predicted molar refractivity (Wildman–Crippen MR) is 64.2 cm³/mol. The molecule has 0 saturated carbocycles. The van der Waals surface area contributed by atoms with E-state index in [-0.39, 0.29) is 0 Å². The van der Waals surface area contributed by atoms with Gasteiger partial charge in [0.1, 0.15) is 5.69 Å². The third-order valence-electron chi connectivity index (χ3n) is 2.50. The van der Waals surface area contributed by atoms with Gasteiger partial charge in [0.15, 0.2) is 0 Å². The molecule has 4 heteroatoms. The van der Waals surface area contributed by atoms with Crippen LogP contribution in [0.15, 0.2) is 18.3 Å². The summed E-state index contributed by atoms with van der Waals surface area (Å²) in [6.45, 7) is 5.24. The summed E-state index contributed by atoms with van der Waals surface area (Å²) < 4.78 is 0. The highest BCUT2D eigenvalue weighted by molar-refractivity contribution is 5.90. The van der Waals surface area contributed by atoms with Crippen molar-refractivity contribution in [3.05, 3.63) is 29.6 Å². The van der Waals surface area contributed by atoms with Crippen LogP contribution >= 0.6 is 0 Å². The maximum atomic E-state index is 10.8. The van der Waals surface area contributed by atoms with E-state index in [9.17, 15) is 4.79 Å². The van der Waals surface area contributed by atoms with Crippen molar-refractivity contribution in [2.75, 3.05) is 6.54 Å². The zero-order valence-corrected chi connectivity index (χ0v) is 9.86. The molecule has 1 aromatic heterocycles. The Hall–Kier alpha value is -1.42. The fourth-order valence-corrected chi connectivity index (χ4v) is 1.55. The fourth-order valence-electron chi connectivity index (χ4n) is 1.55. The Morgan fingerprint density at radius 1 is 1.56 bits per heavy atom. The smallest absolute Gasteiger partial charge is 0.267 e. The topological polar surface area (TPSA) is 68.0 Å². The first-order valence-corrected chi connectivity index (χ1v) is 5.61. The molecule has 0 fully saturated rings.